The Morgan fingerprint density at radius 3 is 2.68 bits per heavy atom. The Morgan fingerprint density at radius 1 is 1.12 bits per heavy atom. The lowest BCUT2D eigenvalue weighted by Crippen LogP contribution is -2.43. The van der Waals surface area contributed by atoms with Crippen molar-refractivity contribution in [2.24, 2.45) is 0 Å². The molecule has 4 amide bonds. The Hall–Kier alpha value is -4.01. The second-order valence-corrected chi connectivity index (χ2v) is 8.63. The van der Waals surface area contributed by atoms with Crippen molar-refractivity contribution in [3.63, 3.8) is 0 Å². The van der Waals surface area contributed by atoms with Gasteiger partial charge in [-0.1, -0.05) is 24.3 Å². The van der Waals surface area contributed by atoms with E-state index in [1.165, 1.54) is 0 Å². The van der Waals surface area contributed by atoms with E-state index in [0.29, 0.717) is 36.0 Å². The molecule has 2 N–H and O–H groups in total. The summed E-state index contributed by atoms with van der Waals surface area (Å²) in [6.45, 7) is 4.04. The fraction of sp³-hybridized carbons (Fsp3) is 0.320. The van der Waals surface area contributed by atoms with Gasteiger partial charge in [0.15, 0.2) is 11.5 Å². The zero-order chi connectivity index (χ0) is 23.9. The van der Waals surface area contributed by atoms with Crippen molar-refractivity contribution in [3.05, 3.63) is 59.9 Å². The number of fused-ring (bicyclic) bond motifs is 2. The van der Waals surface area contributed by atoms with Gasteiger partial charge in [0, 0.05) is 11.8 Å². The van der Waals surface area contributed by atoms with E-state index >= 15 is 0 Å². The minimum Gasteiger partial charge on any atom is -0.490 e. The van der Waals surface area contributed by atoms with Crippen LogP contribution in [0.1, 0.15) is 37.6 Å². The van der Waals surface area contributed by atoms with Gasteiger partial charge in [-0.15, -0.1) is 0 Å². The maximum atomic E-state index is 13.3. The third-order valence-electron chi connectivity index (χ3n) is 6.15. The van der Waals surface area contributed by atoms with Crippen LogP contribution in [0.4, 0.5) is 4.79 Å². The minimum atomic E-state index is -1.33. The highest BCUT2D eigenvalue weighted by Crippen LogP contribution is 2.36. The molecule has 9 nitrogen and oxygen atoms in total. The number of rotatable bonds is 5. The van der Waals surface area contributed by atoms with Crippen molar-refractivity contribution < 1.29 is 28.3 Å². The zero-order valence-electron chi connectivity index (χ0n) is 18.9. The van der Waals surface area contributed by atoms with Crippen molar-refractivity contribution in [3.8, 4) is 11.5 Å². The van der Waals surface area contributed by atoms with Crippen LogP contribution in [-0.2, 0) is 15.1 Å². The van der Waals surface area contributed by atoms with Crippen molar-refractivity contribution in [1.82, 2.24) is 15.5 Å². The molecule has 0 bridgehead atoms. The molecule has 2 aliphatic rings. The Labute approximate surface area is 196 Å². The highest BCUT2D eigenvalue weighted by molar-refractivity contribution is 6.09. The van der Waals surface area contributed by atoms with Crippen molar-refractivity contribution in [1.29, 1.82) is 0 Å². The first-order valence-electron chi connectivity index (χ1n) is 11.2. The van der Waals surface area contributed by atoms with Gasteiger partial charge in [-0.3, -0.25) is 14.5 Å². The van der Waals surface area contributed by atoms with Gasteiger partial charge in [-0.2, -0.15) is 0 Å². The monoisotopic (exact) mass is 463 g/mol. The molecule has 0 saturated carbocycles. The number of nitrogens with one attached hydrogen (secondary N) is 2. The van der Waals surface area contributed by atoms with Crippen LogP contribution in [0.15, 0.2) is 52.9 Å². The fourth-order valence-electron chi connectivity index (χ4n) is 4.23. The van der Waals surface area contributed by atoms with Crippen LogP contribution in [0.2, 0.25) is 0 Å². The number of para-hydroxylation sites is 1. The number of amides is 4. The van der Waals surface area contributed by atoms with Crippen LogP contribution >= 0.6 is 0 Å². The predicted octanol–water partition coefficient (Wildman–Crippen LogP) is 3.24. The van der Waals surface area contributed by atoms with Crippen LogP contribution < -0.4 is 20.1 Å². The van der Waals surface area contributed by atoms with Gasteiger partial charge in [0.1, 0.15) is 23.4 Å². The van der Waals surface area contributed by atoms with E-state index in [9.17, 15) is 14.4 Å². The molecule has 1 saturated heterocycles. The largest absolute Gasteiger partial charge is 0.490 e. The van der Waals surface area contributed by atoms with E-state index in [2.05, 4.69) is 10.6 Å². The van der Waals surface area contributed by atoms with Gasteiger partial charge in [-0.25, -0.2) is 4.79 Å². The number of hydrogen-bond donors (Lipinski definition) is 2. The number of imide groups is 1. The van der Waals surface area contributed by atoms with E-state index in [1.807, 2.05) is 30.3 Å². The quantitative estimate of drug-likeness (QED) is 0.562. The van der Waals surface area contributed by atoms with Crippen molar-refractivity contribution >= 4 is 28.8 Å². The third-order valence-corrected chi connectivity index (χ3v) is 6.15. The Morgan fingerprint density at radius 2 is 1.88 bits per heavy atom. The van der Waals surface area contributed by atoms with Crippen molar-refractivity contribution in [2.45, 2.75) is 31.8 Å². The van der Waals surface area contributed by atoms with E-state index in [4.69, 9.17) is 13.9 Å². The first-order chi connectivity index (χ1) is 16.3. The summed E-state index contributed by atoms with van der Waals surface area (Å²) < 4.78 is 17.2. The second kappa shape index (κ2) is 8.40. The summed E-state index contributed by atoms with van der Waals surface area (Å²) in [5, 5.41) is 6.45. The Kier molecular flexibility index (Phi) is 5.39. The average molecular weight is 463 g/mol. The number of furan rings is 1. The molecule has 176 valence electrons. The third kappa shape index (κ3) is 3.83. The summed E-state index contributed by atoms with van der Waals surface area (Å²) in [7, 11) is 0. The van der Waals surface area contributed by atoms with Crippen LogP contribution in [0.25, 0.3) is 11.0 Å². The molecule has 34 heavy (non-hydrogen) atoms. The lowest BCUT2D eigenvalue weighted by molar-refractivity contribution is -0.135. The highest BCUT2D eigenvalue weighted by Gasteiger charge is 2.49. The number of benzene rings is 2. The highest BCUT2D eigenvalue weighted by atomic mass is 16.5. The summed E-state index contributed by atoms with van der Waals surface area (Å²) in [6.07, 6.45) is 0.756. The first-order valence-corrected chi connectivity index (χ1v) is 11.2. The number of urea groups is 1. The Bertz CT molecular complexity index is 1250. The summed E-state index contributed by atoms with van der Waals surface area (Å²) >= 11 is 0. The topological polar surface area (TPSA) is 110 Å². The zero-order valence-corrected chi connectivity index (χ0v) is 18.9. The molecule has 2 atom stereocenters. The lowest BCUT2D eigenvalue weighted by atomic mass is 9.91. The smallest absolute Gasteiger partial charge is 0.325 e. The number of carbonyl (C=O) groups is 3. The molecule has 2 unspecified atom stereocenters. The predicted molar refractivity (Wildman–Crippen MR) is 122 cm³/mol. The molecule has 9 heteroatoms. The van der Waals surface area contributed by atoms with Gasteiger partial charge in [0.25, 0.3) is 5.91 Å². The fourth-order valence-corrected chi connectivity index (χ4v) is 4.23. The molecule has 0 radical (unpaired) electrons. The molecule has 0 spiro atoms. The summed E-state index contributed by atoms with van der Waals surface area (Å²) in [5.74, 6) is 0.716. The molecule has 0 aliphatic carbocycles. The van der Waals surface area contributed by atoms with Gasteiger partial charge in [0.2, 0.25) is 5.91 Å². The number of ether oxygens (including phenoxy) is 2. The Balaban J connectivity index is 1.29. The molecule has 2 aliphatic heterocycles. The van der Waals surface area contributed by atoms with E-state index in [0.717, 1.165) is 22.3 Å². The van der Waals surface area contributed by atoms with Gasteiger partial charge in [0.05, 0.1) is 19.3 Å². The molecule has 3 aromatic rings. The molecule has 1 fully saturated rings. The van der Waals surface area contributed by atoms with Crippen LogP contribution in [0.3, 0.4) is 0 Å². The summed E-state index contributed by atoms with van der Waals surface area (Å²) in [6, 6.07) is 13.5. The van der Waals surface area contributed by atoms with E-state index < -0.39 is 36.0 Å². The molecule has 1 aromatic heterocycles. The van der Waals surface area contributed by atoms with Crippen LogP contribution in [0.5, 0.6) is 11.5 Å². The van der Waals surface area contributed by atoms with Gasteiger partial charge in [-0.05, 0) is 43.7 Å². The second-order valence-electron chi connectivity index (χ2n) is 8.63. The van der Waals surface area contributed by atoms with Gasteiger partial charge < -0.3 is 24.5 Å². The molecule has 5 rings (SSSR count). The number of carbonyl (C=O) groups excluding carboxylic acids is 3. The van der Waals surface area contributed by atoms with Crippen LogP contribution in [0, 0.1) is 0 Å². The average Bonchev–Trinajstić information content (AvgIpc) is 3.23. The SMILES string of the molecule is CC(NC(=O)CN1C(=O)NC(C)(c2ccc3c(c2)OCCCO3)C1=O)c1cc2ccccc2o1. The molecule has 3 heterocycles. The van der Waals surface area contributed by atoms with Gasteiger partial charge >= 0.3 is 6.03 Å². The van der Waals surface area contributed by atoms with E-state index in [-0.39, 0.29) is 0 Å². The maximum absolute atomic E-state index is 13.3. The maximum Gasteiger partial charge on any atom is 0.325 e. The standard InChI is InChI=1S/C25H25N3O6/c1-15(20-12-16-6-3-4-7-18(16)34-20)26-22(29)14-28-23(30)25(2,27-24(28)31)17-8-9-19-21(13-17)33-11-5-10-32-19/h3-4,6-9,12-13,15H,5,10-11,14H2,1-2H3,(H,26,29)(H,27,31). The number of nitrogens with zero attached hydrogens (tertiary/aromatic N) is 1. The number of hydrogen-bond acceptors (Lipinski definition) is 6. The lowest BCUT2D eigenvalue weighted by Gasteiger charge is -2.23. The van der Waals surface area contributed by atoms with Crippen LogP contribution in [-0.4, -0.2) is 42.5 Å². The van der Waals surface area contributed by atoms with Crippen molar-refractivity contribution in [2.75, 3.05) is 19.8 Å². The normalized spacial score (nSPS) is 20.7. The van der Waals surface area contributed by atoms with E-state index in [1.54, 1.807) is 32.0 Å². The molecular formula is C25H25N3O6. The molecular weight excluding hydrogens is 438 g/mol. The molecule has 2 aromatic carbocycles. The summed E-state index contributed by atoms with van der Waals surface area (Å²) in [4.78, 5) is 39.5. The summed E-state index contributed by atoms with van der Waals surface area (Å²) in [5.41, 5.74) is -0.0564. The minimum absolute atomic E-state index is 0.407. The first kappa shape index (κ1) is 21.8.